The molecule has 0 aliphatic rings. The molecular weight excluding hydrogens is 2370 g/mol. The van der Waals surface area contributed by atoms with Gasteiger partial charge in [0.2, 0.25) is 0 Å². The number of aryl methyl sites for hydroxylation is 5. The van der Waals surface area contributed by atoms with Gasteiger partial charge in [-0.25, -0.2) is 0 Å². The molecule has 0 aliphatic carbocycles. The first-order valence-corrected chi connectivity index (χ1v) is 58.0. The van der Waals surface area contributed by atoms with E-state index in [1.54, 1.807) is 0 Å². The maximum Gasteiger partial charge on any atom is 0.0463 e. The maximum atomic E-state index is 5.56. The van der Waals surface area contributed by atoms with Crippen molar-refractivity contribution in [3.8, 4) is 0 Å². The number of anilines is 20. The van der Waals surface area contributed by atoms with Gasteiger partial charge >= 0.3 is 0 Å². The summed E-state index contributed by atoms with van der Waals surface area (Å²) in [5.41, 5.74) is 38.7. The minimum atomic E-state index is 0. The number of rotatable bonds is 40. The molecule has 3 unspecified atom stereocenters. The molecule has 0 fully saturated rings. The zero-order valence-corrected chi connectivity index (χ0v) is 101. The SMILES string of the molecule is Brc1ccc(I)cc1.CCC(C)c1ccc(N(c2ccc(Br)cc2)c2ccc(Br)cc2)cc1.CCCCc1ccc(N(c2ccc(Br)cc2)c2ccc(N(c3ccc(C(C)CC)cc3)c3ccc(N(c4ccc(Br)cc4)c4ccc(CCCC)cc4)cc3)cc2)cc1.CCCCc1ccc(N)cc1.CCCCc1ccc(Nc2ccc(N(c3ccc(Nc4ccc(CCCC)cc4)cc3)c3ccc(C(C)CC)cc3)cc2)cc1.I. The lowest BCUT2D eigenvalue weighted by Gasteiger charge is -2.30. The average molecular weight is 2520 g/mol. The minimum absolute atomic E-state index is 0. The molecule has 0 radical (unpaired) electrons. The molecule has 0 aromatic heterocycles. The van der Waals surface area contributed by atoms with Crippen LogP contribution in [0.3, 0.4) is 0 Å². The predicted octanol–water partition coefficient (Wildman–Crippen LogP) is 45.1. The topological polar surface area (TPSA) is 66.3 Å². The van der Waals surface area contributed by atoms with Gasteiger partial charge in [0.05, 0.1) is 0 Å². The van der Waals surface area contributed by atoms with Crippen LogP contribution < -0.4 is 40.9 Å². The molecule has 0 bridgehead atoms. The Kier molecular flexibility index (Phi) is 48.1. The van der Waals surface area contributed by atoms with Crippen LogP contribution in [0.5, 0.6) is 0 Å². The molecule has 17 rings (SSSR count). The second kappa shape index (κ2) is 61.5. The van der Waals surface area contributed by atoms with Crippen molar-refractivity contribution in [3.63, 3.8) is 0 Å². The smallest absolute Gasteiger partial charge is 0.0463 e. The van der Waals surface area contributed by atoms with Crippen LogP contribution in [-0.2, 0) is 32.1 Å². The molecule has 770 valence electrons. The van der Waals surface area contributed by atoms with Crippen LogP contribution in [0.4, 0.5) is 114 Å². The van der Waals surface area contributed by atoms with Gasteiger partial charge in [-0.05, 0) is 484 Å². The van der Waals surface area contributed by atoms with Crippen LogP contribution in [0.2, 0.25) is 0 Å². The molecule has 8 nitrogen and oxygen atoms in total. The van der Waals surface area contributed by atoms with Gasteiger partial charge in [-0.15, -0.1) is 24.0 Å². The Bertz CT molecular complexity index is 6410. The number of hydrogen-bond donors (Lipinski definition) is 3. The van der Waals surface area contributed by atoms with Crippen molar-refractivity contribution in [2.24, 2.45) is 0 Å². The van der Waals surface area contributed by atoms with E-state index in [1.807, 2.05) is 24.3 Å². The van der Waals surface area contributed by atoms with E-state index in [9.17, 15) is 0 Å². The second-order valence-electron chi connectivity index (χ2n) is 38.1. The highest BCUT2D eigenvalue weighted by Gasteiger charge is 2.23. The number of benzene rings is 17. The van der Waals surface area contributed by atoms with Gasteiger partial charge in [0.15, 0.2) is 0 Å². The molecule has 17 aromatic carbocycles. The third-order valence-electron chi connectivity index (χ3n) is 27.1. The minimum Gasteiger partial charge on any atom is -0.399 e. The van der Waals surface area contributed by atoms with Crippen LogP contribution in [0.25, 0.3) is 0 Å². The predicted molar refractivity (Wildman–Crippen MR) is 685 cm³/mol. The van der Waals surface area contributed by atoms with Crippen LogP contribution >= 0.6 is 126 Å². The Balaban J connectivity index is 0.000000190. The molecule has 15 heteroatoms. The van der Waals surface area contributed by atoms with E-state index in [0.717, 1.165) is 181 Å². The quantitative estimate of drug-likeness (QED) is 0.0259. The van der Waals surface area contributed by atoms with Crippen LogP contribution in [0, 0.1) is 3.57 Å². The normalized spacial score (nSPS) is 11.4. The Hall–Kier alpha value is -11.0. The monoisotopic (exact) mass is 2510 g/mol. The van der Waals surface area contributed by atoms with Crippen molar-refractivity contribution in [1.29, 1.82) is 0 Å². The highest BCUT2D eigenvalue weighted by molar-refractivity contribution is 14.1. The molecule has 0 aliphatic heterocycles. The molecule has 0 heterocycles. The van der Waals surface area contributed by atoms with E-state index in [2.05, 4.69) is 602 Å². The molecule has 0 amide bonds. The number of nitrogens with zero attached hydrogens (tertiary/aromatic N) is 5. The Morgan fingerprint density at radius 2 is 0.349 bits per heavy atom. The summed E-state index contributed by atoms with van der Waals surface area (Å²) in [6.45, 7) is 24.8. The third kappa shape index (κ3) is 35.6. The van der Waals surface area contributed by atoms with Gasteiger partial charge < -0.3 is 40.9 Å². The number of nitrogen functional groups attached to an aromatic ring is 1. The van der Waals surface area contributed by atoms with Crippen molar-refractivity contribution in [3.05, 3.63) is 483 Å². The fourth-order valence-electron chi connectivity index (χ4n) is 17.5. The molecule has 0 saturated heterocycles. The van der Waals surface area contributed by atoms with Gasteiger partial charge in [0.1, 0.15) is 0 Å². The first-order chi connectivity index (χ1) is 72.1. The summed E-state index contributed by atoms with van der Waals surface area (Å²) in [6, 6.07) is 149. The fraction of sp³-hybridized carbons (Fsp3) is 0.239. The summed E-state index contributed by atoms with van der Waals surface area (Å²) in [7, 11) is 0. The van der Waals surface area contributed by atoms with Crippen molar-refractivity contribution < 1.29 is 0 Å². The zero-order chi connectivity index (χ0) is 104. The van der Waals surface area contributed by atoms with Crippen molar-refractivity contribution >= 4 is 240 Å². The lowest BCUT2D eigenvalue weighted by atomic mass is 9.98. The van der Waals surface area contributed by atoms with Crippen molar-refractivity contribution in [2.45, 2.75) is 209 Å². The molecule has 149 heavy (non-hydrogen) atoms. The summed E-state index contributed by atoms with van der Waals surface area (Å²) in [5.74, 6) is 1.64. The lowest BCUT2D eigenvalue weighted by Crippen LogP contribution is -2.13. The van der Waals surface area contributed by atoms with E-state index >= 15 is 0 Å². The standard InChI is InChI=1S/C54H55Br2N3.C42H49N3.C22H21Br2N.C10H15N.C6H4BrI.HI/c1-5-8-10-41-12-22-46(23-13-41)57(49-28-18-44(55)19-29-49)51-32-36-53(37-33-51)59(48-26-16-43(17-27-48)40(4)7-3)54-38-34-52(35-39-54)58(50-30-20-45(56)21-31-50)47-24-14-42(15-25-47)11-9-6-2;1-5-8-10-33-12-18-36(19-13-33)43-38-22-28-41(29-23-38)45(40-26-16-35(17-27-40)32(4)7-3)42-30-24-39(25-31-42)44-37-20-14-34(15-21-37)11-9-6-2;1-3-16(2)17-4-10-20(11-5-17)25(21-12-6-18(23)7-13-21)22-14-8-19(24)9-15-22;1-2-3-4-9-5-7-10(11)8-6-9;7-5-1-3-6(8)4-2-5;/h12-40H,5-11H2,1-4H3;12-32,43-44H,5-11H2,1-4H3;4-16H,3H2,1-2H3;5-8H,2-4,11H2,1H3;1-4H;1H. The molecule has 17 aromatic rings. The summed E-state index contributed by atoms with van der Waals surface area (Å²) >= 11 is 20.0. The number of nitrogens with one attached hydrogen (secondary N) is 2. The first kappa shape index (κ1) is 117. The molecular formula is C134H145Br5I2N8. The molecule has 4 N–H and O–H groups in total. The highest BCUT2D eigenvalue weighted by atomic mass is 127. The average Bonchev–Trinajstić information content (AvgIpc) is 0.782. The van der Waals surface area contributed by atoms with Gasteiger partial charge in [-0.1, -0.05) is 285 Å². The Labute approximate surface area is 963 Å². The van der Waals surface area contributed by atoms with E-state index < -0.39 is 0 Å². The summed E-state index contributed by atoms with van der Waals surface area (Å²) in [6.07, 6.45) is 21.3. The van der Waals surface area contributed by atoms with Crippen molar-refractivity contribution in [2.75, 3.05) is 40.9 Å². The summed E-state index contributed by atoms with van der Waals surface area (Å²) in [4.78, 5) is 11.7. The highest BCUT2D eigenvalue weighted by Crippen LogP contribution is 2.46. The first-order valence-electron chi connectivity index (χ1n) is 53.0. The van der Waals surface area contributed by atoms with E-state index in [-0.39, 0.29) is 24.0 Å². The van der Waals surface area contributed by atoms with Crippen LogP contribution in [0.1, 0.15) is 222 Å². The van der Waals surface area contributed by atoms with Gasteiger partial charge in [-0.2, -0.15) is 0 Å². The second-order valence-corrected chi connectivity index (χ2v) is 43.9. The van der Waals surface area contributed by atoms with Gasteiger partial charge in [0, 0.05) is 140 Å². The molecule has 3 atom stereocenters. The fourth-order valence-corrected chi connectivity index (χ4v) is 19.2. The van der Waals surface area contributed by atoms with Crippen LogP contribution in [0.15, 0.2) is 435 Å². The zero-order valence-electron chi connectivity index (χ0n) is 88.2. The van der Waals surface area contributed by atoms with E-state index in [0.29, 0.717) is 17.8 Å². The number of hydrogen-bond acceptors (Lipinski definition) is 8. The van der Waals surface area contributed by atoms with E-state index in [1.165, 1.54) is 119 Å². The number of unbranched alkanes of at least 4 members (excludes halogenated alkanes) is 5. The van der Waals surface area contributed by atoms with Gasteiger partial charge in [0.25, 0.3) is 0 Å². The Morgan fingerprint density at radius 1 is 0.208 bits per heavy atom. The summed E-state index contributed by atoms with van der Waals surface area (Å²) < 4.78 is 6.70. The molecule has 0 spiro atoms. The number of halogens is 7. The third-order valence-corrected chi connectivity index (χ3v) is 30.4. The van der Waals surface area contributed by atoms with E-state index in [4.69, 9.17) is 5.73 Å². The Morgan fingerprint density at radius 3 is 0.523 bits per heavy atom. The number of nitrogens with two attached hydrogens (primary N) is 1. The van der Waals surface area contributed by atoms with Gasteiger partial charge in [-0.3, -0.25) is 0 Å². The largest absolute Gasteiger partial charge is 0.399 e. The molecule has 0 saturated carbocycles. The lowest BCUT2D eigenvalue weighted by molar-refractivity contribution is 0.733. The summed E-state index contributed by atoms with van der Waals surface area (Å²) in [5, 5.41) is 7.15. The maximum absolute atomic E-state index is 5.56. The van der Waals surface area contributed by atoms with Crippen molar-refractivity contribution in [1.82, 2.24) is 0 Å². The van der Waals surface area contributed by atoms with Crippen LogP contribution in [-0.4, -0.2) is 0 Å².